The van der Waals surface area contributed by atoms with Gasteiger partial charge in [0.1, 0.15) is 6.10 Å². The summed E-state index contributed by atoms with van der Waals surface area (Å²) in [4.78, 5) is 8.03. The van der Waals surface area contributed by atoms with Crippen LogP contribution in [0.1, 0.15) is 31.4 Å². The second kappa shape index (κ2) is 4.31. The van der Waals surface area contributed by atoms with Crippen LogP contribution in [0.4, 0.5) is 8.78 Å². The number of aromatic nitrogens is 2. The second-order valence-corrected chi connectivity index (χ2v) is 4.15. The summed E-state index contributed by atoms with van der Waals surface area (Å²) in [6.07, 6.45) is 1.94. The van der Waals surface area contributed by atoms with Crippen molar-refractivity contribution in [3.8, 4) is 6.01 Å². The van der Waals surface area contributed by atoms with E-state index in [1.165, 1.54) is 0 Å². The Balaban J connectivity index is 1.92. The van der Waals surface area contributed by atoms with Gasteiger partial charge in [0.05, 0.1) is 0 Å². The van der Waals surface area contributed by atoms with E-state index in [9.17, 15) is 8.78 Å². The molecule has 1 aliphatic rings. The van der Waals surface area contributed by atoms with Crippen molar-refractivity contribution in [2.75, 3.05) is 0 Å². The maximum absolute atomic E-state index is 12.9. The molecular weight excluding hydrogens is 214 g/mol. The van der Waals surface area contributed by atoms with Gasteiger partial charge in [0, 0.05) is 24.7 Å². The van der Waals surface area contributed by atoms with Crippen molar-refractivity contribution in [3.05, 3.63) is 18.0 Å². The molecule has 0 bridgehead atoms. The largest absolute Gasteiger partial charge is 0.460 e. The van der Waals surface area contributed by atoms with Gasteiger partial charge in [-0.3, -0.25) is 0 Å². The number of rotatable bonds is 2. The molecule has 1 heterocycles. The first-order valence-corrected chi connectivity index (χ1v) is 5.39. The van der Waals surface area contributed by atoms with Gasteiger partial charge in [0.15, 0.2) is 0 Å². The maximum atomic E-state index is 12.9. The van der Waals surface area contributed by atoms with E-state index in [0.29, 0.717) is 12.8 Å². The lowest BCUT2D eigenvalue weighted by atomic mass is 9.94. The standard InChI is InChI=1S/C11H14F2N2O/c1-8-4-7-14-10(15-8)16-9-2-5-11(12,13)6-3-9/h4,7,9H,2-3,5-6H2,1H3. The van der Waals surface area contributed by atoms with Crippen molar-refractivity contribution < 1.29 is 13.5 Å². The number of halogens is 2. The highest BCUT2D eigenvalue weighted by atomic mass is 19.3. The van der Waals surface area contributed by atoms with E-state index in [4.69, 9.17) is 4.74 Å². The zero-order valence-electron chi connectivity index (χ0n) is 9.12. The van der Waals surface area contributed by atoms with E-state index in [1.54, 1.807) is 12.3 Å². The summed E-state index contributed by atoms with van der Waals surface area (Å²) < 4.78 is 31.3. The van der Waals surface area contributed by atoms with Crippen LogP contribution in [-0.2, 0) is 0 Å². The highest BCUT2D eigenvalue weighted by Crippen LogP contribution is 2.34. The molecule has 0 N–H and O–H groups in total. The Morgan fingerprint density at radius 2 is 2.06 bits per heavy atom. The molecule has 1 aromatic rings. The van der Waals surface area contributed by atoms with E-state index in [0.717, 1.165) is 5.69 Å². The monoisotopic (exact) mass is 228 g/mol. The Morgan fingerprint density at radius 1 is 1.38 bits per heavy atom. The molecule has 0 spiro atoms. The molecule has 3 nitrogen and oxygen atoms in total. The Labute approximate surface area is 92.9 Å². The van der Waals surface area contributed by atoms with Crippen LogP contribution >= 0.6 is 0 Å². The number of nitrogens with zero attached hydrogens (tertiary/aromatic N) is 2. The third kappa shape index (κ3) is 2.87. The fourth-order valence-electron chi connectivity index (χ4n) is 1.76. The predicted octanol–water partition coefficient (Wildman–Crippen LogP) is 2.74. The Morgan fingerprint density at radius 3 is 2.69 bits per heavy atom. The van der Waals surface area contributed by atoms with Crippen molar-refractivity contribution in [2.45, 2.75) is 44.6 Å². The molecule has 0 aromatic carbocycles. The number of aryl methyl sites for hydroxylation is 1. The quantitative estimate of drug-likeness (QED) is 0.780. The van der Waals surface area contributed by atoms with E-state index in [2.05, 4.69) is 9.97 Å². The topological polar surface area (TPSA) is 35.0 Å². The molecule has 5 heteroatoms. The van der Waals surface area contributed by atoms with Gasteiger partial charge >= 0.3 is 6.01 Å². The van der Waals surface area contributed by atoms with Gasteiger partial charge in [-0.1, -0.05) is 0 Å². The third-order valence-corrected chi connectivity index (χ3v) is 2.71. The SMILES string of the molecule is Cc1ccnc(OC2CCC(F)(F)CC2)n1. The summed E-state index contributed by atoms with van der Waals surface area (Å²) in [5.74, 6) is -2.52. The molecule has 1 saturated carbocycles. The van der Waals surface area contributed by atoms with Gasteiger partial charge in [0.2, 0.25) is 5.92 Å². The number of hydrogen-bond acceptors (Lipinski definition) is 3. The van der Waals surface area contributed by atoms with Gasteiger partial charge < -0.3 is 4.74 Å². The van der Waals surface area contributed by atoms with E-state index >= 15 is 0 Å². The van der Waals surface area contributed by atoms with Crippen LogP contribution in [0.5, 0.6) is 6.01 Å². The van der Waals surface area contributed by atoms with Gasteiger partial charge in [-0.2, -0.15) is 0 Å². The Kier molecular flexibility index (Phi) is 3.03. The third-order valence-electron chi connectivity index (χ3n) is 2.71. The molecule has 16 heavy (non-hydrogen) atoms. The Hall–Kier alpha value is -1.26. The maximum Gasteiger partial charge on any atom is 0.316 e. The van der Waals surface area contributed by atoms with Crippen molar-refractivity contribution in [3.63, 3.8) is 0 Å². The normalized spacial score (nSPS) is 20.7. The first-order valence-electron chi connectivity index (χ1n) is 5.39. The minimum atomic E-state index is -2.52. The molecule has 0 aliphatic heterocycles. The number of ether oxygens (including phenoxy) is 1. The minimum absolute atomic E-state index is 0.108. The van der Waals surface area contributed by atoms with E-state index in [1.807, 2.05) is 6.92 Å². The van der Waals surface area contributed by atoms with Crippen molar-refractivity contribution in [2.24, 2.45) is 0 Å². The van der Waals surface area contributed by atoms with Crippen LogP contribution in [-0.4, -0.2) is 22.0 Å². The van der Waals surface area contributed by atoms with Crippen LogP contribution in [0.3, 0.4) is 0 Å². The molecule has 1 aromatic heterocycles. The highest BCUT2D eigenvalue weighted by molar-refractivity contribution is 5.03. The molecular formula is C11H14F2N2O. The van der Waals surface area contributed by atoms with Gasteiger partial charge in [-0.05, 0) is 25.8 Å². The fourth-order valence-corrected chi connectivity index (χ4v) is 1.76. The Bertz CT molecular complexity index is 361. The van der Waals surface area contributed by atoms with Gasteiger partial charge in [-0.25, -0.2) is 18.7 Å². The van der Waals surface area contributed by atoms with Crippen molar-refractivity contribution in [1.82, 2.24) is 9.97 Å². The van der Waals surface area contributed by atoms with E-state index < -0.39 is 5.92 Å². The predicted molar refractivity (Wildman–Crippen MR) is 54.6 cm³/mol. The summed E-state index contributed by atoms with van der Waals surface area (Å²) in [6.45, 7) is 1.84. The van der Waals surface area contributed by atoms with Crippen LogP contribution in [0.2, 0.25) is 0 Å². The van der Waals surface area contributed by atoms with Crippen molar-refractivity contribution >= 4 is 0 Å². The van der Waals surface area contributed by atoms with E-state index in [-0.39, 0.29) is 25.0 Å². The lowest BCUT2D eigenvalue weighted by Crippen LogP contribution is -2.31. The molecule has 2 rings (SSSR count). The van der Waals surface area contributed by atoms with Crippen LogP contribution < -0.4 is 4.74 Å². The summed E-state index contributed by atoms with van der Waals surface area (Å²) in [7, 11) is 0. The summed E-state index contributed by atoms with van der Waals surface area (Å²) >= 11 is 0. The minimum Gasteiger partial charge on any atom is -0.460 e. The lowest BCUT2D eigenvalue weighted by molar-refractivity contribution is -0.0594. The van der Waals surface area contributed by atoms with Crippen LogP contribution in [0, 0.1) is 6.92 Å². The number of alkyl halides is 2. The first-order chi connectivity index (χ1) is 7.55. The summed E-state index contributed by atoms with van der Waals surface area (Å²) in [5, 5.41) is 0. The molecule has 0 saturated heterocycles. The molecule has 1 fully saturated rings. The summed E-state index contributed by atoms with van der Waals surface area (Å²) in [5.41, 5.74) is 0.811. The molecule has 0 atom stereocenters. The smallest absolute Gasteiger partial charge is 0.316 e. The molecule has 88 valence electrons. The average Bonchev–Trinajstić information content (AvgIpc) is 2.21. The fraction of sp³-hybridized carbons (Fsp3) is 0.636. The zero-order chi connectivity index (χ0) is 11.6. The molecule has 0 radical (unpaired) electrons. The lowest BCUT2D eigenvalue weighted by Gasteiger charge is -2.27. The average molecular weight is 228 g/mol. The van der Waals surface area contributed by atoms with Gasteiger partial charge in [0.25, 0.3) is 0 Å². The first kappa shape index (κ1) is 11.2. The summed E-state index contributed by atoms with van der Waals surface area (Å²) in [6, 6.07) is 2.05. The van der Waals surface area contributed by atoms with Gasteiger partial charge in [-0.15, -0.1) is 0 Å². The van der Waals surface area contributed by atoms with Crippen LogP contribution in [0.25, 0.3) is 0 Å². The van der Waals surface area contributed by atoms with Crippen molar-refractivity contribution in [1.29, 1.82) is 0 Å². The van der Waals surface area contributed by atoms with Crippen LogP contribution in [0.15, 0.2) is 12.3 Å². The molecule has 0 unspecified atom stereocenters. The molecule has 0 amide bonds. The highest BCUT2D eigenvalue weighted by Gasteiger charge is 2.35. The number of hydrogen-bond donors (Lipinski definition) is 0. The zero-order valence-corrected chi connectivity index (χ0v) is 9.12. The second-order valence-electron chi connectivity index (χ2n) is 4.15. The molecule has 1 aliphatic carbocycles.